The Morgan fingerprint density at radius 1 is 1.19 bits per heavy atom. The Kier molecular flexibility index (Phi) is 5.25. The molecule has 6 nitrogen and oxygen atoms in total. The number of anilines is 1. The van der Waals surface area contributed by atoms with Crippen LogP contribution in [0.1, 0.15) is 61.7 Å². The summed E-state index contributed by atoms with van der Waals surface area (Å²) >= 11 is 0. The third kappa shape index (κ3) is 3.90. The first-order valence-corrected chi connectivity index (χ1v) is 10.1. The van der Waals surface area contributed by atoms with Gasteiger partial charge in [0.2, 0.25) is 0 Å². The van der Waals surface area contributed by atoms with E-state index in [0.717, 1.165) is 55.5 Å². The van der Waals surface area contributed by atoms with Gasteiger partial charge in [0.25, 0.3) is 5.56 Å². The van der Waals surface area contributed by atoms with Gasteiger partial charge in [-0.25, -0.2) is 9.97 Å². The van der Waals surface area contributed by atoms with Gasteiger partial charge in [0, 0.05) is 56.8 Å². The van der Waals surface area contributed by atoms with Crippen molar-refractivity contribution in [2.75, 3.05) is 24.5 Å². The Morgan fingerprint density at radius 2 is 2.00 bits per heavy atom. The lowest BCUT2D eigenvalue weighted by Gasteiger charge is -2.32. The Hall–Kier alpha value is -2.21. The molecule has 0 amide bonds. The van der Waals surface area contributed by atoms with Crippen LogP contribution in [-0.4, -0.2) is 39.5 Å². The highest BCUT2D eigenvalue weighted by Crippen LogP contribution is 2.25. The van der Waals surface area contributed by atoms with Crippen LogP contribution in [-0.2, 0) is 19.5 Å². The minimum atomic E-state index is 0.0239. The summed E-state index contributed by atoms with van der Waals surface area (Å²) in [6.45, 7) is 8.71. The van der Waals surface area contributed by atoms with Gasteiger partial charge in [0.1, 0.15) is 11.6 Å². The van der Waals surface area contributed by atoms with Crippen molar-refractivity contribution in [1.82, 2.24) is 19.9 Å². The highest BCUT2D eigenvalue weighted by Gasteiger charge is 2.23. The van der Waals surface area contributed by atoms with E-state index >= 15 is 0 Å². The van der Waals surface area contributed by atoms with E-state index in [1.54, 1.807) is 0 Å². The molecule has 1 N–H and O–H groups in total. The van der Waals surface area contributed by atoms with Gasteiger partial charge in [-0.2, -0.15) is 0 Å². The average molecular weight is 367 g/mol. The lowest BCUT2D eigenvalue weighted by atomic mass is 10.0. The lowest BCUT2D eigenvalue weighted by Crippen LogP contribution is -2.37. The molecule has 4 heterocycles. The maximum absolute atomic E-state index is 12.6. The van der Waals surface area contributed by atoms with E-state index in [9.17, 15) is 4.79 Å². The summed E-state index contributed by atoms with van der Waals surface area (Å²) in [5.41, 5.74) is 3.08. The van der Waals surface area contributed by atoms with Gasteiger partial charge in [-0.15, -0.1) is 0 Å². The van der Waals surface area contributed by atoms with Crippen molar-refractivity contribution in [1.29, 1.82) is 0 Å². The van der Waals surface area contributed by atoms with Crippen LogP contribution in [0.2, 0.25) is 0 Å². The van der Waals surface area contributed by atoms with Crippen molar-refractivity contribution in [2.45, 2.75) is 58.5 Å². The van der Waals surface area contributed by atoms with Crippen molar-refractivity contribution in [3.8, 4) is 0 Å². The van der Waals surface area contributed by atoms with Crippen LogP contribution in [0.4, 0.5) is 5.82 Å². The van der Waals surface area contributed by atoms with Crippen LogP contribution in [0.3, 0.4) is 0 Å². The molecule has 1 fully saturated rings. The normalized spacial score (nSPS) is 18.0. The smallest absolute Gasteiger partial charge is 0.255 e. The molecule has 0 atom stereocenters. The molecule has 1 saturated heterocycles. The summed E-state index contributed by atoms with van der Waals surface area (Å²) < 4.78 is 0. The predicted octanol–water partition coefficient (Wildman–Crippen LogP) is 2.84. The van der Waals surface area contributed by atoms with Crippen molar-refractivity contribution >= 4 is 5.82 Å². The lowest BCUT2D eigenvalue weighted by molar-refractivity contribution is 0.241. The summed E-state index contributed by atoms with van der Waals surface area (Å²) in [5.74, 6) is 2.15. The SMILES string of the molecule is CC(C)c1nc2c(c(=O)[nH]1)CN(Cc1cccnc1N1CCCCC1)CC2. The molecule has 0 unspecified atom stereocenters. The maximum atomic E-state index is 12.6. The Labute approximate surface area is 160 Å². The maximum Gasteiger partial charge on any atom is 0.255 e. The monoisotopic (exact) mass is 367 g/mol. The molecule has 0 bridgehead atoms. The fourth-order valence-corrected chi connectivity index (χ4v) is 4.09. The highest BCUT2D eigenvalue weighted by molar-refractivity contribution is 5.47. The van der Waals surface area contributed by atoms with E-state index in [-0.39, 0.29) is 11.5 Å². The first kappa shape index (κ1) is 18.2. The van der Waals surface area contributed by atoms with Crippen LogP contribution < -0.4 is 10.5 Å². The second-order valence-electron chi connectivity index (χ2n) is 8.03. The average Bonchev–Trinajstić information content (AvgIpc) is 2.69. The van der Waals surface area contributed by atoms with Crippen molar-refractivity contribution in [3.05, 3.63) is 51.3 Å². The van der Waals surface area contributed by atoms with Crippen LogP contribution in [0.15, 0.2) is 23.1 Å². The van der Waals surface area contributed by atoms with Gasteiger partial charge in [0.05, 0.1) is 11.3 Å². The quantitative estimate of drug-likeness (QED) is 0.900. The number of pyridine rings is 1. The topological polar surface area (TPSA) is 65.1 Å². The van der Waals surface area contributed by atoms with E-state index in [1.165, 1.54) is 24.8 Å². The number of rotatable bonds is 4. The van der Waals surface area contributed by atoms with E-state index in [0.29, 0.717) is 6.54 Å². The molecule has 0 aromatic carbocycles. The number of nitrogens with one attached hydrogen (secondary N) is 1. The highest BCUT2D eigenvalue weighted by atomic mass is 16.1. The van der Waals surface area contributed by atoms with E-state index in [4.69, 9.17) is 4.98 Å². The minimum Gasteiger partial charge on any atom is -0.356 e. The molecule has 2 aromatic rings. The molecule has 2 aliphatic heterocycles. The number of hydrogen-bond donors (Lipinski definition) is 1. The van der Waals surface area contributed by atoms with Crippen LogP contribution in [0, 0.1) is 0 Å². The Bertz CT molecular complexity index is 854. The van der Waals surface area contributed by atoms with Gasteiger partial charge in [-0.05, 0) is 25.3 Å². The summed E-state index contributed by atoms with van der Waals surface area (Å²) in [7, 11) is 0. The summed E-state index contributed by atoms with van der Waals surface area (Å²) in [6.07, 6.45) is 6.52. The molecule has 6 heteroatoms. The van der Waals surface area contributed by atoms with Crippen LogP contribution in [0.5, 0.6) is 0 Å². The molecule has 144 valence electrons. The molecule has 4 rings (SSSR count). The second kappa shape index (κ2) is 7.80. The predicted molar refractivity (Wildman–Crippen MR) is 107 cm³/mol. The largest absolute Gasteiger partial charge is 0.356 e. The van der Waals surface area contributed by atoms with Crippen LogP contribution >= 0.6 is 0 Å². The molecular formula is C21H29N5O. The minimum absolute atomic E-state index is 0.0239. The van der Waals surface area contributed by atoms with Crippen molar-refractivity contribution in [3.63, 3.8) is 0 Å². The number of fused-ring (bicyclic) bond motifs is 1. The Morgan fingerprint density at radius 3 is 2.78 bits per heavy atom. The fraction of sp³-hybridized carbons (Fsp3) is 0.571. The van der Waals surface area contributed by atoms with Gasteiger partial charge < -0.3 is 9.88 Å². The number of hydrogen-bond acceptors (Lipinski definition) is 5. The van der Waals surface area contributed by atoms with Crippen molar-refractivity contribution < 1.29 is 0 Å². The number of H-pyrrole nitrogens is 1. The molecule has 2 aromatic heterocycles. The summed E-state index contributed by atoms with van der Waals surface area (Å²) in [5, 5.41) is 0. The number of aromatic nitrogens is 3. The molecule has 2 aliphatic rings. The van der Waals surface area contributed by atoms with Gasteiger partial charge in [-0.3, -0.25) is 9.69 Å². The van der Waals surface area contributed by atoms with E-state index in [2.05, 4.69) is 39.7 Å². The number of piperidine rings is 1. The molecule has 0 aliphatic carbocycles. The number of aromatic amines is 1. The summed E-state index contributed by atoms with van der Waals surface area (Å²) in [6, 6.07) is 4.20. The second-order valence-corrected chi connectivity index (χ2v) is 8.03. The van der Waals surface area contributed by atoms with E-state index in [1.807, 2.05) is 12.3 Å². The molecule has 0 spiro atoms. The molecule has 0 radical (unpaired) electrons. The first-order chi connectivity index (χ1) is 13.1. The van der Waals surface area contributed by atoms with Gasteiger partial charge in [0.15, 0.2) is 0 Å². The van der Waals surface area contributed by atoms with Gasteiger partial charge in [-0.1, -0.05) is 19.9 Å². The van der Waals surface area contributed by atoms with Gasteiger partial charge >= 0.3 is 0 Å². The molecular weight excluding hydrogens is 338 g/mol. The zero-order valence-corrected chi connectivity index (χ0v) is 16.4. The first-order valence-electron chi connectivity index (χ1n) is 10.1. The third-order valence-corrected chi connectivity index (χ3v) is 5.63. The molecule has 0 saturated carbocycles. The summed E-state index contributed by atoms with van der Waals surface area (Å²) in [4.78, 5) is 29.7. The third-order valence-electron chi connectivity index (χ3n) is 5.63. The zero-order valence-electron chi connectivity index (χ0n) is 16.4. The number of nitrogens with zero attached hydrogens (tertiary/aromatic N) is 4. The van der Waals surface area contributed by atoms with Crippen molar-refractivity contribution in [2.24, 2.45) is 0 Å². The molecule has 27 heavy (non-hydrogen) atoms. The van der Waals surface area contributed by atoms with E-state index < -0.39 is 0 Å². The zero-order chi connectivity index (χ0) is 18.8. The van der Waals surface area contributed by atoms with Crippen LogP contribution in [0.25, 0.3) is 0 Å². The fourth-order valence-electron chi connectivity index (χ4n) is 4.09. The Balaban J connectivity index is 1.53. The standard InChI is InChI=1S/C21H29N5O/c1-15(2)19-23-18-8-12-25(14-17(18)21(27)24-19)13-16-7-6-9-22-20(16)26-10-4-3-5-11-26/h6-7,9,15H,3-5,8,10-14H2,1-2H3,(H,23,24,27).